The average molecular weight is 269 g/mol. The highest BCUT2D eigenvalue weighted by atomic mass is 19.4. The molecule has 0 atom stereocenters. The smallest absolute Gasteiger partial charge is 0.367 e. The van der Waals surface area contributed by atoms with Crippen molar-refractivity contribution < 1.29 is 18.0 Å². The van der Waals surface area contributed by atoms with Crippen LogP contribution < -0.4 is 4.90 Å². The lowest BCUT2D eigenvalue weighted by atomic mass is 10.0. The second kappa shape index (κ2) is 5.07. The number of aldehydes is 1. The number of nitrogens with zero attached hydrogens (tertiary/aromatic N) is 1. The van der Waals surface area contributed by atoms with Crippen LogP contribution in [0, 0.1) is 6.92 Å². The zero-order valence-corrected chi connectivity index (χ0v) is 10.5. The highest BCUT2D eigenvalue weighted by molar-refractivity contribution is 5.77. The minimum Gasteiger partial charge on any atom is -0.367 e. The first kappa shape index (κ1) is 13.6. The number of carbonyl (C=O) groups is 1. The SMILES string of the molecule is Cc1cc(C=O)ccc1N1CC=C(C(F)(F)F)CC1. The number of halogens is 3. The number of hydrogen-bond acceptors (Lipinski definition) is 2. The molecule has 2 nitrogen and oxygen atoms in total. The van der Waals surface area contributed by atoms with Crippen molar-refractivity contribution in [3.63, 3.8) is 0 Å². The standard InChI is InChI=1S/C14H14F3NO/c1-10-8-11(9-19)2-3-13(10)18-6-4-12(5-7-18)14(15,16)17/h2-4,8-9H,5-7H2,1H3. The normalized spacial score (nSPS) is 16.2. The molecule has 2 rings (SSSR count). The van der Waals surface area contributed by atoms with E-state index in [4.69, 9.17) is 0 Å². The Morgan fingerprint density at radius 3 is 2.53 bits per heavy atom. The summed E-state index contributed by atoms with van der Waals surface area (Å²) in [5.74, 6) is 0. The topological polar surface area (TPSA) is 20.3 Å². The van der Waals surface area contributed by atoms with Crippen LogP contribution in [0.3, 0.4) is 0 Å². The van der Waals surface area contributed by atoms with Crippen molar-refractivity contribution in [2.45, 2.75) is 19.5 Å². The van der Waals surface area contributed by atoms with Crippen molar-refractivity contribution in [2.75, 3.05) is 18.0 Å². The fourth-order valence-electron chi connectivity index (χ4n) is 2.25. The number of alkyl halides is 3. The van der Waals surface area contributed by atoms with Gasteiger partial charge in [-0.1, -0.05) is 6.08 Å². The van der Waals surface area contributed by atoms with Crippen LogP contribution in [0.1, 0.15) is 22.3 Å². The van der Waals surface area contributed by atoms with E-state index in [1.165, 1.54) is 6.08 Å². The molecule has 0 saturated carbocycles. The molecule has 0 amide bonds. The van der Waals surface area contributed by atoms with Crippen LogP contribution in [0.2, 0.25) is 0 Å². The molecule has 0 spiro atoms. The third kappa shape index (κ3) is 2.97. The van der Waals surface area contributed by atoms with Gasteiger partial charge in [0, 0.05) is 29.9 Å². The van der Waals surface area contributed by atoms with Gasteiger partial charge in [0.15, 0.2) is 0 Å². The molecule has 1 aliphatic heterocycles. The molecule has 0 bridgehead atoms. The molecule has 0 unspecified atom stereocenters. The van der Waals surface area contributed by atoms with Crippen molar-refractivity contribution in [1.82, 2.24) is 0 Å². The molecule has 0 N–H and O–H groups in total. The Labute approximate surface area is 109 Å². The monoisotopic (exact) mass is 269 g/mol. The minimum absolute atomic E-state index is 0.00162. The van der Waals surface area contributed by atoms with Gasteiger partial charge in [0.05, 0.1) is 0 Å². The van der Waals surface area contributed by atoms with Crippen LogP contribution in [0.4, 0.5) is 18.9 Å². The van der Waals surface area contributed by atoms with Gasteiger partial charge >= 0.3 is 6.18 Å². The third-order valence-corrected chi connectivity index (χ3v) is 3.27. The van der Waals surface area contributed by atoms with Crippen molar-refractivity contribution in [3.8, 4) is 0 Å². The molecule has 0 aromatic heterocycles. The Morgan fingerprint density at radius 1 is 1.32 bits per heavy atom. The average Bonchev–Trinajstić information content (AvgIpc) is 2.37. The Kier molecular flexibility index (Phi) is 3.64. The van der Waals surface area contributed by atoms with E-state index >= 15 is 0 Å². The first-order chi connectivity index (χ1) is 8.91. The second-order valence-corrected chi connectivity index (χ2v) is 4.59. The maximum atomic E-state index is 12.5. The summed E-state index contributed by atoms with van der Waals surface area (Å²) in [5.41, 5.74) is 1.90. The van der Waals surface area contributed by atoms with E-state index in [2.05, 4.69) is 0 Å². The lowest BCUT2D eigenvalue weighted by Gasteiger charge is -2.30. The molecule has 5 heteroatoms. The summed E-state index contributed by atoms with van der Waals surface area (Å²) < 4.78 is 37.6. The van der Waals surface area contributed by atoms with E-state index in [0.717, 1.165) is 17.5 Å². The molecule has 0 aliphatic carbocycles. The number of benzene rings is 1. The van der Waals surface area contributed by atoms with Crippen molar-refractivity contribution in [3.05, 3.63) is 41.0 Å². The van der Waals surface area contributed by atoms with Crippen LogP contribution in [0.5, 0.6) is 0 Å². The van der Waals surface area contributed by atoms with Gasteiger partial charge in [-0.2, -0.15) is 13.2 Å². The molecule has 1 aromatic carbocycles. The molecule has 1 aliphatic rings. The fraction of sp³-hybridized carbons (Fsp3) is 0.357. The first-order valence-corrected chi connectivity index (χ1v) is 5.99. The fourth-order valence-corrected chi connectivity index (χ4v) is 2.25. The van der Waals surface area contributed by atoms with Crippen molar-refractivity contribution in [2.24, 2.45) is 0 Å². The summed E-state index contributed by atoms with van der Waals surface area (Å²) in [6.45, 7) is 2.44. The van der Waals surface area contributed by atoms with Gasteiger partial charge in [0.25, 0.3) is 0 Å². The van der Waals surface area contributed by atoms with Crippen LogP contribution in [0.15, 0.2) is 29.8 Å². The number of aryl methyl sites for hydroxylation is 1. The number of anilines is 1. The number of hydrogen-bond donors (Lipinski definition) is 0. The summed E-state index contributed by atoms with van der Waals surface area (Å²) >= 11 is 0. The predicted octanol–water partition coefficient (Wildman–Crippen LogP) is 3.51. The van der Waals surface area contributed by atoms with Gasteiger partial charge < -0.3 is 4.90 Å². The Hall–Kier alpha value is -1.78. The Morgan fingerprint density at radius 2 is 2.05 bits per heavy atom. The van der Waals surface area contributed by atoms with E-state index in [1.54, 1.807) is 18.2 Å². The van der Waals surface area contributed by atoms with E-state index in [0.29, 0.717) is 12.1 Å². The number of rotatable bonds is 2. The molecular weight excluding hydrogens is 255 g/mol. The maximum absolute atomic E-state index is 12.5. The zero-order valence-electron chi connectivity index (χ0n) is 10.5. The van der Waals surface area contributed by atoms with E-state index in [1.807, 2.05) is 11.8 Å². The third-order valence-electron chi connectivity index (χ3n) is 3.27. The van der Waals surface area contributed by atoms with Gasteiger partial charge in [-0.25, -0.2) is 0 Å². The van der Waals surface area contributed by atoms with E-state index in [-0.39, 0.29) is 13.0 Å². The molecule has 1 heterocycles. The highest BCUT2D eigenvalue weighted by Crippen LogP contribution is 2.32. The van der Waals surface area contributed by atoms with Crippen molar-refractivity contribution >= 4 is 12.0 Å². The van der Waals surface area contributed by atoms with E-state index in [9.17, 15) is 18.0 Å². The predicted molar refractivity (Wildman–Crippen MR) is 67.5 cm³/mol. The molecule has 19 heavy (non-hydrogen) atoms. The lowest BCUT2D eigenvalue weighted by molar-refractivity contribution is -0.0944. The van der Waals surface area contributed by atoms with Gasteiger partial charge in [-0.3, -0.25) is 4.79 Å². The summed E-state index contributed by atoms with van der Waals surface area (Å²) in [4.78, 5) is 12.5. The quantitative estimate of drug-likeness (QED) is 0.605. The molecular formula is C14H14F3NO. The molecule has 0 saturated heterocycles. The Bertz CT molecular complexity index is 520. The summed E-state index contributed by atoms with van der Waals surface area (Å²) in [6, 6.07) is 5.20. The largest absolute Gasteiger partial charge is 0.412 e. The van der Waals surface area contributed by atoms with Gasteiger partial charge in [-0.05, 0) is 37.1 Å². The summed E-state index contributed by atoms with van der Waals surface area (Å²) in [5, 5.41) is 0. The van der Waals surface area contributed by atoms with Crippen LogP contribution in [-0.2, 0) is 0 Å². The molecule has 102 valence electrons. The highest BCUT2D eigenvalue weighted by Gasteiger charge is 2.34. The van der Waals surface area contributed by atoms with Crippen LogP contribution >= 0.6 is 0 Å². The second-order valence-electron chi connectivity index (χ2n) is 4.59. The Balaban J connectivity index is 2.18. The van der Waals surface area contributed by atoms with Gasteiger partial charge in [0.1, 0.15) is 6.29 Å². The number of carbonyl (C=O) groups excluding carboxylic acids is 1. The zero-order chi connectivity index (χ0) is 14.0. The summed E-state index contributed by atoms with van der Waals surface area (Å²) in [6.07, 6.45) is -2.23. The molecule has 1 aromatic rings. The van der Waals surface area contributed by atoms with Crippen LogP contribution in [-0.4, -0.2) is 25.6 Å². The van der Waals surface area contributed by atoms with Crippen molar-refractivity contribution in [1.29, 1.82) is 0 Å². The maximum Gasteiger partial charge on any atom is 0.412 e. The van der Waals surface area contributed by atoms with Gasteiger partial charge in [0.2, 0.25) is 0 Å². The lowest BCUT2D eigenvalue weighted by Crippen LogP contribution is -2.32. The van der Waals surface area contributed by atoms with Crippen LogP contribution in [0.25, 0.3) is 0 Å². The van der Waals surface area contributed by atoms with E-state index < -0.39 is 11.7 Å². The van der Waals surface area contributed by atoms with Gasteiger partial charge in [-0.15, -0.1) is 0 Å². The first-order valence-electron chi connectivity index (χ1n) is 5.99. The minimum atomic E-state index is -4.22. The molecule has 0 fully saturated rings. The molecule has 0 radical (unpaired) electrons. The summed E-state index contributed by atoms with van der Waals surface area (Å²) in [7, 11) is 0.